The quantitative estimate of drug-likeness (QED) is 0.773. The molecule has 2 N–H and O–H groups in total. The number of nitrogens with two attached hydrogens (primary N) is 1. The average Bonchev–Trinajstić information content (AvgIpc) is 2.73. The summed E-state index contributed by atoms with van der Waals surface area (Å²) in [6, 6.07) is 0.649. The highest BCUT2D eigenvalue weighted by molar-refractivity contribution is 5.80. The fraction of sp³-hybridized carbons (Fsp3) is 0.929. The molecule has 0 aromatic rings. The van der Waals surface area contributed by atoms with Crippen LogP contribution < -0.4 is 5.73 Å². The molecular formula is C14H26N2O2. The second kappa shape index (κ2) is 5.57. The zero-order valence-electron chi connectivity index (χ0n) is 11.7. The van der Waals surface area contributed by atoms with Crippen molar-refractivity contribution in [2.45, 2.75) is 57.5 Å². The van der Waals surface area contributed by atoms with Crippen molar-refractivity contribution in [1.29, 1.82) is 0 Å². The van der Waals surface area contributed by atoms with Crippen LogP contribution >= 0.6 is 0 Å². The highest BCUT2D eigenvalue weighted by Crippen LogP contribution is 2.36. The molecule has 0 radical (unpaired) electrons. The maximum atomic E-state index is 11.8. The van der Waals surface area contributed by atoms with E-state index in [0.717, 1.165) is 12.5 Å². The first-order valence-corrected chi connectivity index (χ1v) is 7.24. The summed E-state index contributed by atoms with van der Waals surface area (Å²) in [6.07, 6.45) is 6.57. The normalized spacial score (nSPS) is 31.7. The molecule has 1 aliphatic heterocycles. The van der Waals surface area contributed by atoms with Crippen molar-refractivity contribution in [2.24, 2.45) is 11.7 Å². The molecule has 2 rings (SSSR count). The number of carbonyl (C=O) groups excluding carboxylic acids is 1. The van der Waals surface area contributed by atoms with Gasteiger partial charge >= 0.3 is 5.97 Å². The van der Waals surface area contributed by atoms with Gasteiger partial charge in [0, 0.05) is 12.6 Å². The maximum absolute atomic E-state index is 11.8. The molecule has 18 heavy (non-hydrogen) atoms. The van der Waals surface area contributed by atoms with Gasteiger partial charge < -0.3 is 10.5 Å². The molecule has 0 aromatic carbocycles. The van der Waals surface area contributed by atoms with Gasteiger partial charge in [-0.15, -0.1) is 0 Å². The molecule has 4 heteroatoms. The van der Waals surface area contributed by atoms with Gasteiger partial charge in [-0.25, -0.2) is 0 Å². The lowest BCUT2D eigenvalue weighted by atomic mass is 9.85. The largest absolute Gasteiger partial charge is 0.465 e. The summed E-state index contributed by atoms with van der Waals surface area (Å²) in [6.45, 7) is 5.73. The van der Waals surface area contributed by atoms with Gasteiger partial charge in [0.05, 0.1) is 6.61 Å². The molecular weight excluding hydrogens is 228 g/mol. The van der Waals surface area contributed by atoms with Crippen molar-refractivity contribution < 1.29 is 9.53 Å². The zero-order chi connectivity index (χ0) is 13.2. The number of esters is 1. The Labute approximate surface area is 110 Å². The molecule has 1 saturated carbocycles. The van der Waals surface area contributed by atoms with Crippen LogP contribution in [0.1, 0.15) is 46.0 Å². The lowest BCUT2D eigenvalue weighted by molar-refractivity contribution is -0.149. The molecule has 1 aliphatic carbocycles. The first kappa shape index (κ1) is 13.8. The van der Waals surface area contributed by atoms with Crippen LogP contribution in [0.15, 0.2) is 0 Å². The Bertz CT molecular complexity index is 304. The zero-order valence-corrected chi connectivity index (χ0v) is 11.7. The van der Waals surface area contributed by atoms with Crippen LogP contribution in [0, 0.1) is 5.92 Å². The lowest BCUT2D eigenvalue weighted by Crippen LogP contribution is -2.56. The number of ether oxygens (including phenoxy) is 1. The summed E-state index contributed by atoms with van der Waals surface area (Å²) < 4.78 is 5.06. The van der Waals surface area contributed by atoms with Crippen molar-refractivity contribution in [1.82, 2.24) is 4.90 Å². The fourth-order valence-electron chi connectivity index (χ4n) is 3.48. The third-order valence-corrected chi connectivity index (χ3v) is 4.40. The third-order valence-electron chi connectivity index (χ3n) is 4.40. The van der Waals surface area contributed by atoms with Crippen LogP contribution in [0.4, 0.5) is 0 Å². The summed E-state index contributed by atoms with van der Waals surface area (Å²) in [4.78, 5) is 14.3. The van der Waals surface area contributed by atoms with Crippen LogP contribution in [-0.4, -0.2) is 42.1 Å². The smallest absolute Gasteiger partial charge is 0.327 e. The van der Waals surface area contributed by atoms with E-state index in [9.17, 15) is 4.79 Å². The second-order valence-electron chi connectivity index (χ2n) is 6.01. The molecule has 0 amide bonds. The van der Waals surface area contributed by atoms with Crippen molar-refractivity contribution in [3.63, 3.8) is 0 Å². The van der Waals surface area contributed by atoms with E-state index in [4.69, 9.17) is 10.5 Å². The Morgan fingerprint density at radius 3 is 2.83 bits per heavy atom. The fourth-order valence-corrected chi connectivity index (χ4v) is 3.48. The standard InChI is InChI=1S/C14H26N2O2/c1-3-18-13(17)14(2,15)10-16-9-8-11-6-4-5-7-12(11)16/h11-12H,3-10,15H2,1-2H3. The number of hydrogen-bond acceptors (Lipinski definition) is 4. The van der Waals surface area contributed by atoms with Gasteiger partial charge in [0.25, 0.3) is 0 Å². The number of fused-ring (bicyclic) bond motifs is 1. The molecule has 0 spiro atoms. The molecule has 104 valence electrons. The predicted octanol–water partition coefficient (Wildman–Crippen LogP) is 1.53. The Morgan fingerprint density at radius 2 is 2.11 bits per heavy atom. The molecule has 1 heterocycles. The molecule has 0 aromatic heterocycles. The highest BCUT2D eigenvalue weighted by atomic mass is 16.5. The van der Waals surface area contributed by atoms with E-state index in [2.05, 4.69) is 4.90 Å². The van der Waals surface area contributed by atoms with E-state index >= 15 is 0 Å². The molecule has 4 nitrogen and oxygen atoms in total. The Kier molecular flexibility index (Phi) is 4.28. The van der Waals surface area contributed by atoms with Crippen LogP contribution in [0.3, 0.4) is 0 Å². The van der Waals surface area contributed by atoms with Crippen molar-refractivity contribution in [2.75, 3.05) is 19.7 Å². The average molecular weight is 254 g/mol. The van der Waals surface area contributed by atoms with Gasteiger partial charge in [-0.05, 0) is 45.6 Å². The van der Waals surface area contributed by atoms with Crippen molar-refractivity contribution in [3.8, 4) is 0 Å². The van der Waals surface area contributed by atoms with E-state index in [0.29, 0.717) is 19.2 Å². The predicted molar refractivity (Wildman–Crippen MR) is 71.2 cm³/mol. The first-order chi connectivity index (χ1) is 8.54. The molecule has 0 bridgehead atoms. The lowest BCUT2D eigenvalue weighted by Gasteiger charge is -2.35. The number of carbonyl (C=O) groups is 1. The van der Waals surface area contributed by atoms with E-state index in [1.54, 1.807) is 6.92 Å². The second-order valence-corrected chi connectivity index (χ2v) is 6.01. The van der Waals surface area contributed by atoms with Gasteiger partial charge in [-0.1, -0.05) is 12.8 Å². The van der Waals surface area contributed by atoms with Gasteiger partial charge in [0.1, 0.15) is 5.54 Å². The summed E-state index contributed by atoms with van der Waals surface area (Å²) in [5.74, 6) is 0.556. The van der Waals surface area contributed by atoms with E-state index in [-0.39, 0.29) is 5.97 Å². The number of hydrogen-bond donors (Lipinski definition) is 1. The summed E-state index contributed by atoms with van der Waals surface area (Å²) >= 11 is 0. The number of rotatable bonds is 4. The van der Waals surface area contributed by atoms with E-state index in [1.165, 1.54) is 32.1 Å². The summed E-state index contributed by atoms with van der Waals surface area (Å²) in [5.41, 5.74) is 5.26. The maximum Gasteiger partial charge on any atom is 0.327 e. The molecule has 2 fully saturated rings. The first-order valence-electron chi connectivity index (χ1n) is 7.24. The van der Waals surface area contributed by atoms with Gasteiger partial charge in [0.2, 0.25) is 0 Å². The van der Waals surface area contributed by atoms with Gasteiger partial charge in [-0.2, -0.15) is 0 Å². The minimum Gasteiger partial charge on any atom is -0.465 e. The SMILES string of the molecule is CCOC(=O)C(C)(N)CN1CCC2CCCCC21. The third kappa shape index (κ3) is 2.86. The van der Waals surface area contributed by atoms with Gasteiger partial charge in [0.15, 0.2) is 0 Å². The Morgan fingerprint density at radius 1 is 1.39 bits per heavy atom. The van der Waals surface area contributed by atoms with Crippen molar-refractivity contribution in [3.05, 3.63) is 0 Å². The number of likely N-dealkylation sites (tertiary alicyclic amines) is 1. The topological polar surface area (TPSA) is 55.6 Å². The van der Waals surface area contributed by atoms with E-state index in [1.807, 2.05) is 6.92 Å². The van der Waals surface area contributed by atoms with Crippen LogP contribution in [0.25, 0.3) is 0 Å². The summed E-state index contributed by atoms with van der Waals surface area (Å²) in [7, 11) is 0. The van der Waals surface area contributed by atoms with Crippen LogP contribution in [-0.2, 0) is 9.53 Å². The minimum atomic E-state index is -0.873. The van der Waals surface area contributed by atoms with Crippen molar-refractivity contribution >= 4 is 5.97 Å². The molecule has 2 aliphatic rings. The molecule has 3 atom stereocenters. The Hall–Kier alpha value is -0.610. The van der Waals surface area contributed by atoms with Crippen LogP contribution in [0.5, 0.6) is 0 Å². The minimum absolute atomic E-state index is 0.274. The monoisotopic (exact) mass is 254 g/mol. The van der Waals surface area contributed by atoms with E-state index < -0.39 is 5.54 Å². The van der Waals surface area contributed by atoms with Crippen LogP contribution in [0.2, 0.25) is 0 Å². The number of nitrogens with zero attached hydrogens (tertiary/aromatic N) is 1. The Balaban J connectivity index is 1.94. The summed E-state index contributed by atoms with van der Waals surface area (Å²) in [5, 5.41) is 0. The molecule has 3 unspecified atom stereocenters. The highest BCUT2D eigenvalue weighted by Gasteiger charge is 2.40. The van der Waals surface area contributed by atoms with Gasteiger partial charge in [-0.3, -0.25) is 9.69 Å². The molecule has 1 saturated heterocycles.